The fourth-order valence-electron chi connectivity index (χ4n) is 5.99. The number of rotatable bonds is 16. The summed E-state index contributed by atoms with van der Waals surface area (Å²) in [4.78, 5) is 29.3. The fourth-order valence-corrected chi connectivity index (χ4v) is 6.17. The second-order valence-electron chi connectivity index (χ2n) is 13.8. The minimum absolute atomic E-state index is 0.0262. The second kappa shape index (κ2) is 18.2. The Morgan fingerprint density at radius 3 is 2.44 bits per heavy atom. The quantitative estimate of drug-likeness (QED) is 0.115. The third-order valence-corrected chi connectivity index (χ3v) is 8.62. The summed E-state index contributed by atoms with van der Waals surface area (Å²) in [5, 5.41) is 6.58. The Kier molecular flexibility index (Phi) is 13.5. The van der Waals surface area contributed by atoms with Crippen LogP contribution in [0.4, 0.5) is 10.1 Å². The van der Waals surface area contributed by atoms with E-state index in [-0.39, 0.29) is 24.3 Å². The molecule has 11 heteroatoms. The Hall–Kier alpha value is -4.64. The van der Waals surface area contributed by atoms with Gasteiger partial charge in [-0.05, 0) is 60.8 Å². The Labute approximate surface area is 310 Å². The number of fused-ring (bicyclic) bond motifs is 1. The molecule has 0 aliphatic carbocycles. The van der Waals surface area contributed by atoms with Gasteiger partial charge in [0, 0.05) is 47.0 Å². The van der Waals surface area contributed by atoms with Gasteiger partial charge in [-0.25, -0.2) is 4.39 Å². The number of carbonyl (C=O) groups is 2. The maximum Gasteiger partial charge on any atom is 0.256 e. The number of nitrogens with one attached hydrogen (secondary N) is 2. The van der Waals surface area contributed by atoms with Gasteiger partial charge in [0.15, 0.2) is 11.5 Å². The molecule has 0 radical (unpaired) electrons. The molecule has 4 aromatic rings. The maximum atomic E-state index is 14.3. The van der Waals surface area contributed by atoms with E-state index in [4.69, 9.17) is 30.5 Å². The van der Waals surface area contributed by atoms with Gasteiger partial charge in [0.2, 0.25) is 5.91 Å². The lowest BCUT2D eigenvalue weighted by molar-refractivity contribution is -0.138. The van der Waals surface area contributed by atoms with Crippen molar-refractivity contribution in [2.45, 2.75) is 52.4 Å². The lowest BCUT2D eigenvalue weighted by Gasteiger charge is -2.31. The number of hydrogen-bond donors (Lipinski definition) is 2. The first-order valence-electron chi connectivity index (χ1n) is 17.5. The number of nitrogens with zero attached hydrogens (tertiary/aromatic N) is 1. The van der Waals surface area contributed by atoms with Crippen molar-refractivity contribution in [2.24, 2.45) is 5.41 Å². The van der Waals surface area contributed by atoms with Crippen molar-refractivity contribution in [2.75, 3.05) is 44.9 Å². The molecule has 0 bridgehead atoms. The van der Waals surface area contributed by atoms with Crippen molar-refractivity contribution < 1.29 is 32.9 Å². The van der Waals surface area contributed by atoms with E-state index in [1.54, 1.807) is 42.3 Å². The fraction of sp³-hybridized carbons (Fsp3) is 0.366. The van der Waals surface area contributed by atoms with Crippen LogP contribution in [0.5, 0.6) is 17.2 Å². The predicted molar refractivity (Wildman–Crippen MR) is 201 cm³/mol. The van der Waals surface area contributed by atoms with Gasteiger partial charge in [0.1, 0.15) is 30.4 Å². The molecule has 0 aromatic heterocycles. The van der Waals surface area contributed by atoms with E-state index in [9.17, 15) is 14.0 Å². The number of para-hydroxylation sites is 2. The van der Waals surface area contributed by atoms with E-state index in [1.165, 1.54) is 6.07 Å². The van der Waals surface area contributed by atoms with Gasteiger partial charge in [-0.1, -0.05) is 80.9 Å². The first kappa shape index (κ1) is 38.6. The molecule has 0 spiro atoms. The SMILES string of the molecule is COc1c(OCCCNCCOc2ccccc2)cccc1[C@@H]1O[C@@H](CC(=O)NCc2ccccc2F)C(=O)N(CC(C)(C)C)c2ccc(Cl)cc21. The molecule has 0 saturated heterocycles. The van der Waals surface area contributed by atoms with Crippen LogP contribution in [-0.2, 0) is 20.9 Å². The second-order valence-corrected chi connectivity index (χ2v) is 14.2. The van der Waals surface area contributed by atoms with Crippen LogP contribution >= 0.6 is 11.6 Å². The molecule has 0 saturated carbocycles. The van der Waals surface area contributed by atoms with Crippen LogP contribution in [0.25, 0.3) is 0 Å². The van der Waals surface area contributed by atoms with Crippen LogP contribution in [-0.4, -0.2) is 57.9 Å². The summed E-state index contributed by atoms with van der Waals surface area (Å²) >= 11 is 6.58. The topological polar surface area (TPSA) is 98.4 Å². The third-order valence-electron chi connectivity index (χ3n) is 8.38. The molecular formula is C41H47ClFN3O6. The highest BCUT2D eigenvalue weighted by Crippen LogP contribution is 2.45. The van der Waals surface area contributed by atoms with Crippen molar-refractivity contribution in [3.63, 3.8) is 0 Å². The molecule has 4 aromatic carbocycles. The Bertz CT molecular complexity index is 1800. The van der Waals surface area contributed by atoms with E-state index < -0.39 is 23.9 Å². The first-order chi connectivity index (χ1) is 25.0. The maximum absolute atomic E-state index is 14.3. The van der Waals surface area contributed by atoms with Crippen molar-refractivity contribution in [1.29, 1.82) is 0 Å². The summed E-state index contributed by atoms with van der Waals surface area (Å²) in [5.41, 5.74) is 1.93. The summed E-state index contributed by atoms with van der Waals surface area (Å²) in [6.07, 6.45) is -1.58. The van der Waals surface area contributed by atoms with Crippen molar-refractivity contribution in [1.82, 2.24) is 10.6 Å². The van der Waals surface area contributed by atoms with E-state index in [1.807, 2.05) is 75.4 Å². The zero-order chi connectivity index (χ0) is 37.1. The zero-order valence-electron chi connectivity index (χ0n) is 30.1. The number of ether oxygens (including phenoxy) is 4. The normalized spacial score (nSPS) is 15.8. The van der Waals surface area contributed by atoms with Crippen molar-refractivity contribution >= 4 is 29.1 Å². The highest BCUT2D eigenvalue weighted by molar-refractivity contribution is 6.30. The molecule has 1 aliphatic heterocycles. The number of hydrogen-bond acceptors (Lipinski definition) is 7. The van der Waals surface area contributed by atoms with E-state index in [0.717, 1.165) is 18.7 Å². The highest BCUT2D eigenvalue weighted by atomic mass is 35.5. The van der Waals surface area contributed by atoms with Crippen molar-refractivity contribution in [3.05, 3.63) is 119 Å². The molecule has 2 atom stereocenters. The van der Waals surface area contributed by atoms with Gasteiger partial charge < -0.3 is 34.5 Å². The summed E-state index contributed by atoms with van der Waals surface area (Å²) in [7, 11) is 1.56. The molecule has 2 N–H and O–H groups in total. The number of anilines is 1. The van der Waals surface area contributed by atoms with Gasteiger partial charge in [0.25, 0.3) is 5.91 Å². The number of methoxy groups -OCH3 is 1. The van der Waals surface area contributed by atoms with Gasteiger partial charge in [0.05, 0.1) is 20.1 Å². The summed E-state index contributed by atoms with van der Waals surface area (Å²) in [6, 6.07) is 26.8. The minimum Gasteiger partial charge on any atom is -0.492 e. The molecule has 1 heterocycles. The van der Waals surface area contributed by atoms with Crippen LogP contribution in [0, 0.1) is 11.2 Å². The van der Waals surface area contributed by atoms with E-state index in [0.29, 0.717) is 65.2 Å². The molecular weight excluding hydrogens is 685 g/mol. The van der Waals surface area contributed by atoms with Gasteiger partial charge in [-0.15, -0.1) is 0 Å². The summed E-state index contributed by atoms with van der Waals surface area (Å²) in [5.74, 6) is 0.553. The molecule has 9 nitrogen and oxygen atoms in total. The lowest BCUT2D eigenvalue weighted by atomic mass is 9.94. The predicted octanol–water partition coefficient (Wildman–Crippen LogP) is 7.50. The van der Waals surface area contributed by atoms with E-state index >= 15 is 0 Å². The minimum atomic E-state index is -1.18. The molecule has 1 aliphatic rings. The molecule has 0 unspecified atom stereocenters. The molecule has 5 rings (SSSR count). The Morgan fingerprint density at radius 1 is 0.923 bits per heavy atom. The summed E-state index contributed by atoms with van der Waals surface area (Å²) < 4.78 is 38.8. The zero-order valence-corrected chi connectivity index (χ0v) is 30.9. The molecule has 0 fully saturated rings. The Balaban J connectivity index is 1.35. The standard InChI is InChI=1S/C41H47ClFN3O6/c1-41(2,3)27-46-34-19-18-29(42)24-32(34)38(52-36(40(46)48)25-37(47)45-26-28-12-8-9-16-33(28)43)31-15-10-17-35(39(31)49-4)51-22-11-20-44-21-23-50-30-13-6-5-7-14-30/h5-10,12-19,24,36,38,44H,11,20-23,25-27H2,1-4H3,(H,45,47)/t36-,38-/m0/s1. The van der Waals surface area contributed by atoms with Crippen LogP contribution in [0.3, 0.4) is 0 Å². The van der Waals surface area contributed by atoms with Crippen LogP contribution in [0.15, 0.2) is 91.0 Å². The largest absolute Gasteiger partial charge is 0.492 e. The number of amides is 2. The average Bonchev–Trinajstić information content (AvgIpc) is 3.22. The first-order valence-corrected chi connectivity index (χ1v) is 17.9. The Morgan fingerprint density at radius 2 is 1.69 bits per heavy atom. The van der Waals surface area contributed by atoms with Crippen molar-refractivity contribution in [3.8, 4) is 17.2 Å². The third kappa shape index (κ3) is 10.5. The van der Waals surface area contributed by atoms with Crippen LogP contribution in [0.1, 0.15) is 56.4 Å². The van der Waals surface area contributed by atoms with Crippen LogP contribution in [0.2, 0.25) is 5.02 Å². The van der Waals surface area contributed by atoms with Crippen LogP contribution < -0.4 is 29.7 Å². The molecule has 52 heavy (non-hydrogen) atoms. The number of benzene rings is 4. The van der Waals surface area contributed by atoms with Gasteiger partial charge in [-0.2, -0.15) is 0 Å². The van der Waals surface area contributed by atoms with Gasteiger partial charge in [-0.3, -0.25) is 9.59 Å². The number of carbonyl (C=O) groups excluding carboxylic acids is 2. The smallest absolute Gasteiger partial charge is 0.256 e. The molecule has 2 amide bonds. The van der Waals surface area contributed by atoms with E-state index in [2.05, 4.69) is 10.6 Å². The average molecular weight is 732 g/mol. The number of halogens is 2. The monoisotopic (exact) mass is 731 g/mol. The lowest BCUT2D eigenvalue weighted by Crippen LogP contribution is -2.45. The van der Waals surface area contributed by atoms with Gasteiger partial charge >= 0.3 is 0 Å². The molecule has 276 valence electrons. The summed E-state index contributed by atoms with van der Waals surface area (Å²) in [6.45, 7) is 8.83. The highest BCUT2D eigenvalue weighted by Gasteiger charge is 2.40.